The Hall–Kier alpha value is -3.13. The minimum atomic E-state index is -0.157. The molecule has 1 aromatic carbocycles. The van der Waals surface area contributed by atoms with Crippen LogP contribution < -0.4 is 10.3 Å². The molecule has 0 radical (unpaired) electrons. The molecule has 0 amide bonds. The van der Waals surface area contributed by atoms with Crippen LogP contribution in [0.15, 0.2) is 52.5 Å². The Bertz CT molecular complexity index is 1210. The highest BCUT2D eigenvalue weighted by atomic mass is 32.2. The van der Waals surface area contributed by atoms with Crippen LogP contribution in [0.5, 0.6) is 5.75 Å². The number of nitrogens with one attached hydrogen (secondary N) is 1. The Labute approximate surface area is 165 Å². The van der Waals surface area contributed by atoms with Gasteiger partial charge >= 0.3 is 0 Å². The Kier molecular flexibility index (Phi) is 4.87. The average Bonchev–Trinajstić information content (AvgIpc) is 3.03. The second-order valence-electron chi connectivity index (χ2n) is 6.33. The molecular formula is C20H19N5O2S. The lowest BCUT2D eigenvalue weighted by Gasteiger charge is -2.08. The molecule has 4 rings (SSSR count). The molecule has 0 bridgehead atoms. The first-order valence-corrected chi connectivity index (χ1v) is 9.72. The third kappa shape index (κ3) is 3.38. The van der Waals surface area contributed by atoms with Crippen LogP contribution in [0.3, 0.4) is 0 Å². The van der Waals surface area contributed by atoms with Gasteiger partial charge in [-0.15, -0.1) is 0 Å². The summed E-state index contributed by atoms with van der Waals surface area (Å²) in [5.41, 5.74) is 4.59. The lowest BCUT2D eigenvalue weighted by molar-refractivity contribution is 0.416. The highest BCUT2D eigenvalue weighted by Gasteiger charge is 2.17. The standard InChI is InChI=1S/C20H19N5O2S/c1-12-8-9-21-20(22-12)28-11-14-10-17(26)25-19(23-14)18(13(2)24-25)15-6-4-5-7-16(15)27-3/h4-10,24H,11H2,1-3H3. The minimum absolute atomic E-state index is 0.157. The number of para-hydroxylation sites is 1. The van der Waals surface area contributed by atoms with Gasteiger partial charge in [-0.25, -0.2) is 19.5 Å². The molecule has 0 aliphatic carbocycles. The fourth-order valence-corrected chi connectivity index (χ4v) is 3.85. The van der Waals surface area contributed by atoms with Crippen LogP contribution >= 0.6 is 11.8 Å². The molecule has 142 valence electrons. The van der Waals surface area contributed by atoms with Gasteiger partial charge in [0.05, 0.1) is 18.4 Å². The minimum Gasteiger partial charge on any atom is -0.496 e. The second-order valence-corrected chi connectivity index (χ2v) is 7.27. The lowest BCUT2D eigenvalue weighted by Crippen LogP contribution is -2.15. The third-order valence-electron chi connectivity index (χ3n) is 4.35. The van der Waals surface area contributed by atoms with Crippen LogP contribution in [-0.2, 0) is 5.75 Å². The number of hydrogen-bond acceptors (Lipinski definition) is 6. The predicted molar refractivity (Wildman–Crippen MR) is 109 cm³/mol. The first-order chi connectivity index (χ1) is 13.6. The van der Waals surface area contributed by atoms with E-state index in [0.29, 0.717) is 22.3 Å². The van der Waals surface area contributed by atoms with E-state index in [4.69, 9.17) is 9.72 Å². The van der Waals surface area contributed by atoms with Gasteiger partial charge in [0.25, 0.3) is 5.56 Å². The van der Waals surface area contributed by atoms with Crippen LogP contribution in [0.4, 0.5) is 0 Å². The molecule has 1 N–H and O–H groups in total. The Morgan fingerprint density at radius 1 is 1.18 bits per heavy atom. The normalized spacial score (nSPS) is 11.1. The number of hydrogen-bond donors (Lipinski definition) is 1. The summed E-state index contributed by atoms with van der Waals surface area (Å²) in [4.78, 5) is 26.0. The van der Waals surface area contributed by atoms with Crippen molar-refractivity contribution >= 4 is 17.4 Å². The number of H-pyrrole nitrogens is 1. The van der Waals surface area contributed by atoms with E-state index in [1.165, 1.54) is 22.3 Å². The molecule has 0 atom stereocenters. The van der Waals surface area contributed by atoms with Gasteiger partial charge in [0.2, 0.25) is 0 Å². The van der Waals surface area contributed by atoms with Crippen LogP contribution in [0.1, 0.15) is 17.1 Å². The number of nitrogens with zero attached hydrogens (tertiary/aromatic N) is 4. The van der Waals surface area contributed by atoms with E-state index in [9.17, 15) is 4.79 Å². The first kappa shape index (κ1) is 18.2. The maximum Gasteiger partial charge on any atom is 0.272 e. The molecule has 0 aliphatic heterocycles. The van der Waals surface area contributed by atoms with E-state index >= 15 is 0 Å². The van der Waals surface area contributed by atoms with E-state index in [2.05, 4.69) is 15.1 Å². The zero-order chi connectivity index (χ0) is 19.7. The Balaban J connectivity index is 1.78. The van der Waals surface area contributed by atoms with Crippen molar-refractivity contribution in [2.24, 2.45) is 0 Å². The number of benzene rings is 1. The quantitative estimate of drug-likeness (QED) is 0.413. The lowest BCUT2D eigenvalue weighted by atomic mass is 10.1. The van der Waals surface area contributed by atoms with Crippen LogP contribution in [0.2, 0.25) is 0 Å². The zero-order valence-electron chi connectivity index (χ0n) is 15.8. The monoisotopic (exact) mass is 393 g/mol. The molecule has 0 spiro atoms. The molecule has 28 heavy (non-hydrogen) atoms. The molecule has 3 heterocycles. The van der Waals surface area contributed by atoms with E-state index < -0.39 is 0 Å². The number of rotatable bonds is 5. The van der Waals surface area contributed by atoms with Crippen molar-refractivity contribution in [3.05, 3.63) is 70.0 Å². The largest absolute Gasteiger partial charge is 0.496 e. The van der Waals surface area contributed by atoms with Crippen molar-refractivity contribution in [2.45, 2.75) is 24.8 Å². The maximum atomic E-state index is 12.6. The van der Waals surface area contributed by atoms with Gasteiger partial charge in [-0.2, -0.15) is 0 Å². The molecule has 0 saturated carbocycles. The van der Waals surface area contributed by atoms with Gasteiger partial charge in [-0.05, 0) is 26.0 Å². The van der Waals surface area contributed by atoms with Gasteiger partial charge < -0.3 is 4.74 Å². The molecule has 7 nitrogen and oxygen atoms in total. The smallest absolute Gasteiger partial charge is 0.272 e. The number of fused-ring (bicyclic) bond motifs is 1. The number of aromatic nitrogens is 5. The van der Waals surface area contributed by atoms with Crippen molar-refractivity contribution in [2.75, 3.05) is 7.11 Å². The Morgan fingerprint density at radius 3 is 2.79 bits per heavy atom. The van der Waals surface area contributed by atoms with Gasteiger partial charge in [-0.3, -0.25) is 9.89 Å². The molecule has 8 heteroatoms. The molecule has 0 fully saturated rings. The number of aromatic amines is 1. The van der Waals surface area contributed by atoms with Crippen molar-refractivity contribution in [1.82, 2.24) is 24.6 Å². The van der Waals surface area contributed by atoms with Crippen LogP contribution in [0, 0.1) is 13.8 Å². The van der Waals surface area contributed by atoms with E-state index in [0.717, 1.165) is 28.3 Å². The fourth-order valence-electron chi connectivity index (χ4n) is 3.08. The first-order valence-electron chi connectivity index (χ1n) is 8.74. The predicted octanol–water partition coefficient (Wildman–Crippen LogP) is 3.40. The van der Waals surface area contributed by atoms with Gasteiger partial charge in [-0.1, -0.05) is 30.0 Å². The summed E-state index contributed by atoms with van der Waals surface area (Å²) in [5, 5.41) is 3.77. The number of methoxy groups -OCH3 is 1. The summed E-state index contributed by atoms with van der Waals surface area (Å²) in [6.45, 7) is 3.84. The second kappa shape index (κ2) is 7.47. The molecule has 0 saturated heterocycles. The number of thioether (sulfide) groups is 1. The van der Waals surface area contributed by atoms with Gasteiger partial charge in [0.1, 0.15) is 5.75 Å². The topological polar surface area (TPSA) is 85.2 Å². The van der Waals surface area contributed by atoms with E-state index in [-0.39, 0.29) is 5.56 Å². The highest BCUT2D eigenvalue weighted by molar-refractivity contribution is 7.98. The number of aryl methyl sites for hydroxylation is 2. The molecular weight excluding hydrogens is 374 g/mol. The molecule has 0 aliphatic rings. The van der Waals surface area contributed by atoms with Gasteiger partial charge in [0, 0.05) is 35.0 Å². The van der Waals surface area contributed by atoms with Crippen LogP contribution in [0.25, 0.3) is 16.8 Å². The average molecular weight is 393 g/mol. The SMILES string of the molecule is COc1ccccc1-c1c(C)[nH]n2c(=O)cc(CSc3nccc(C)n3)nc12. The molecule has 3 aromatic heterocycles. The van der Waals surface area contributed by atoms with Crippen molar-refractivity contribution in [3.63, 3.8) is 0 Å². The zero-order valence-corrected chi connectivity index (χ0v) is 16.6. The van der Waals surface area contributed by atoms with Crippen LogP contribution in [-0.4, -0.2) is 31.7 Å². The summed E-state index contributed by atoms with van der Waals surface area (Å²) in [7, 11) is 1.63. The molecule has 0 unspecified atom stereocenters. The summed E-state index contributed by atoms with van der Waals surface area (Å²) in [5.74, 6) is 1.24. The van der Waals surface area contributed by atoms with Gasteiger partial charge in [0.15, 0.2) is 10.8 Å². The maximum absolute atomic E-state index is 12.6. The summed E-state index contributed by atoms with van der Waals surface area (Å²) in [6.07, 6.45) is 1.73. The summed E-state index contributed by atoms with van der Waals surface area (Å²) >= 11 is 1.45. The number of ether oxygens (including phenoxy) is 1. The van der Waals surface area contributed by atoms with Crippen molar-refractivity contribution < 1.29 is 4.74 Å². The summed E-state index contributed by atoms with van der Waals surface area (Å²) < 4.78 is 6.97. The van der Waals surface area contributed by atoms with Crippen molar-refractivity contribution in [3.8, 4) is 16.9 Å². The van der Waals surface area contributed by atoms with Crippen molar-refractivity contribution in [1.29, 1.82) is 0 Å². The third-order valence-corrected chi connectivity index (χ3v) is 5.24. The molecule has 4 aromatic rings. The van der Waals surface area contributed by atoms with E-state index in [1.807, 2.05) is 44.2 Å². The summed E-state index contributed by atoms with van der Waals surface area (Å²) in [6, 6.07) is 11.1. The fraction of sp³-hybridized carbons (Fsp3) is 0.200. The van der Waals surface area contributed by atoms with E-state index in [1.54, 1.807) is 13.3 Å². The Morgan fingerprint density at radius 2 is 2.00 bits per heavy atom. The highest BCUT2D eigenvalue weighted by Crippen LogP contribution is 2.34.